The summed E-state index contributed by atoms with van der Waals surface area (Å²) in [6.45, 7) is 3.73. The summed E-state index contributed by atoms with van der Waals surface area (Å²) in [5, 5.41) is 4.38. The van der Waals surface area contributed by atoms with Crippen molar-refractivity contribution in [1.29, 1.82) is 0 Å². The summed E-state index contributed by atoms with van der Waals surface area (Å²) in [5.74, 6) is 0.954. The molecule has 0 N–H and O–H groups in total. The van der Waals surface area contributed by atoms with Gasteiger partial charge in [-0.05, 0) is 11.3 Å². The van der Waals surface area contributed by atoms with Crippen LogP contribution in [0.15, 0.2) is 104 Å². The molecule has 0 bridgehead atoms. The second kappa shape index (κ2) is 11.2. The summed E-state index contributed by atoms with van der Waals surface area (Å²) in [6.07, 6.45) is 9.39. The largest absolute Gasteiger partial charge is 0.373 e. The van der Waals surface area contributed by atoms with Crippen LogP contribution in [0.1, 0.15) is 5.56 Å². The fourth-order valence-corrected chi connectivity index (χ4v) is 3.09. The number of aromatic nitrogens is 4. The van der Waals surface area contributed by atoms with Crippen molar-refractivity contribution < 1.29 is 20.1 Å². The Morgan fingerprint density at radius 2 is 1.75 bits per heavy atom. The van der Waals surface area contributed by atoms with Crippen molar-refractivity contribution >= 4 is 6.08 Å². The average molecular weight is 595 g/mol. The maximum Gasteiger partial charge on any atom is 0.0571 e. The minimum atomic E-state index is 0. The van der Waals surface area contributed by atoms with Crippen molar-refractivity contribution in [2.24, 2.45) is 7.05 Å². The van der Waals surface area contributed by atoms with Crippen LogP contribution in [0.25, 0.3) is 34.3 Å². The predicted octanol–water partition coefficient (Wildman–Crippen LogP) is 5.87. The van der Waals surface area contributed by atoms with E-state index in [-0.39, 0.29) is 20.1 Å². The van der Waals surface area contributed by atoms with E-state index in [2.05, 4.69) is 40.9 Å². The van der Waals surface area contributed by atoms with Crippen molar-refractivity contribution in [3.63, 3.8) is 0 Å². The van der Waals surface area contributed by atoms with Crippen molar-refractivity contribution in [3.05, 3.63) is 122 Å². The van der Waals surface area contributed by atoms with E-state index in [4.69, 9.17) is 0 Å². The molecular formula is C27H22IrN4-2. The van der Waals surface area contributed by atoms with Gasteiger partial charge in [-0.25, -0.2) is 0 Å². The molecule has 5 rings (SSSR count). The summed E-state index contributed by atoms with van der Waals surface area (Å²) in [7, 11) is 1.98. The molecule has 0 saturated carbocycles. The smallest absolute Gasteiger partial charge is 0.0571 e. The summed E-state index contributed by atoms with van der Waals surface area (Å²) >= 11 is 0. The number of hydrogen-bond donors (Lipinski definition) is 0. The van der Waals surface area contributed by atoms with Gasteiger partial charge in [-0.15, -0.1) is 60.2 Å². The van der Waals surface area contributed by atoms with E-state index >= 15 is 0 Å². The molecule has 0 unspecified atom stereocenters. The molecule has 0 amide bonds. The molecule has 32 heavy (non-hydrogen) atoms. The Balaban J connectivity index is 0.000000193. The van der Waals surface area contributed by atoms with Gasteiger partial charge >= 0.3 is 0 Å². The standard InChI is InChI=1S/C17H13N2.C10H9N2.Ir/c1-2-14-8-10-17(11-9-14)19-13-16(12-18-19)15-6-4-3-5-7-15;1-12-8-7-11-10(12)9-5-3-2-4-6-9;/h2-10,12-13H,1H2;2-5,7-8H,1H3;/q2*-1;. The molecule has 0 spiro atoms. The van der Waals surface area contributed by atoms with Crippen LogP contribution in [-0.4, -0.2) is 19.3 Å². The van der Waals surface area contributed by atoms with Gasteiger partial charge in [-0.1, -0.05) is 30.3 Å². The predicted molar refractivity (Wildman–Crippen MR) is 125 cm³/mol. The van der Waals surface area contributed by atoms with Crippen molar-refractivity contribution in [2.75, 3.05) is 0 Å². The first-order valence-corrected chi connectivity index (χ1v) is 9.93. The van der Waals surface area contributed by atoms with Gasteiger partial charge in [0, 0.05) is 51.3 Å². The van der Waals surface area contributed by atoms with E-state index in [0.29, 0.717) is 0 Å². The Labute approximate surface area is 202 Å². The number of imidazole rings is 1. The number of hydrogen-bond acceptors (Lipinski definition) is 2. The number of benzene rings is 3. The fraction of sp³-hybridized carbons (Fsp3) is 0.0370. The summed E-state index contributed by atoms with van der Waals surface area (Å²) in [5.41, 5.74) is 5.27. The van der Waals surface area contributed by atoms with E-state index < -0.39 is 0 Å². The van der Waals surface area contributed by atoms with Crippen LogP contribution in [0.2, 0.25) is 0 Å². The molecule has 2 heterocycles. The topological polar surface area (TPSA) is 35.6 Å². The van der Waals surface area contributed by atoms with Crippen molar-refractivity contribution in [2.45, 2.75) is 0 Å². The molecule has 3 aromatic carbocycles. The van der Waals surface area contributed by atoms with Crippen LogP contribution in [0.4, 0.5) is 0 Å². The SMILES string of the molecule is C=Cc1c[c-]c(-n2cc(-c3ccccc3)cn2)cc1.Cn1ccnc1-c1[c-]cccc1.[Ir]. The van der Waals surface area contributed by atoms with Gasteiger partial charge in [0.15, 0.2) is 0 Å². The van der Waals surface area contributed by atoms with E-state index in [9.17, 15) is 0 Å². The third-order valence-corrected chi connectivity index (χ3v) is 4.76. The zero-order valence-corrected chi connectivity index (χ0v) is 20.0. The molecule has 5 aromatic rings. The molecular weight excluding hydrogens is 573 g/mol. The Morgan fingerprint density at radius 1 is 0.938 bits per heavy atom. The van der Waals surface area contributed by atoms with E-state index in [1.165, 1.54) is 0 Å². The fourth-order valence-electron chi connectivity index (χ4n) is 3.09. The molecule has 4 nitrogen and oxygen atoms in total. The Morgan fingerprint density at radius 3 is 2.38 bits per heavy atom. The molecule has 0 fully saturated rings. The Kier molecular flexibility index (Phi) is 8.09. The van der Waals surface area contributed by atoms with Gasteiger partial charge in [0.25, 0.3) is 0 Å². The van der Waals surface area contributed by atoms with Crippen molar-refractivity contribution in [3.8, 4) is 28.2 Å². The van der Waals surface area contributed by atoms with Gasteiger partial charge < -0.3 is 4.57 Å². The number of rotatable bonds is 4. The molecule has 0 saturated heterocycles. The van der Waals surface area contributed by atoms with Gasteiger partial charge in [-0.2, -0.15) is 23.3 Å². The zero-order chi connectivity index (χ0) is 21.5. The molecule has 0 aliphatic carbocycles. The van der Waals surface area contributed by atoms with Crippen LogP contribution in [0, 0.1) is 12.1 Å². The second-order valence-electron chi connectivity index (χ2n) is 6.89. The Hall–Kier alpha value is -3.53. The van der Waals surface area contributed by atoms with E-state index in [1.54, 1.807) is 12.3 Å². The van der Waals surface area contributed by atoms with E-state index in [0.717, 1.165) is 33.8 Å². The van der Waals surface area contributed by atoms with Gasteiger partial charge in [0.1, 0.15) is 0 Å². The van der Waals surface area contributed by atoms with Gasteiger partial charge in [0.2, 0.25) is 0 Å². The van der Waals surface area contributed by atoms with Gasteiger partial charge in [-0.3, -0.25) is 9.67 Å². The van der Waals surface area contributed by atoms with Crippen LogP contribution in [-0.2, 0) is 27.2 Å². The molecule has 161 valence electrons. The molecule has 2 aromatic heterocycles. The Bertz CT molecular complexity index is 1240. The molecule has 0 aliphatic heterocycles. The number of aryl methyl sites for hydroxylation is 1. The average Bonchev–Trinajstić information content (AvgIpc) is 3.50. The third-order valence-electron chi connectivity index (χ3n) is 4.76. The van der Waals surface area contributed by atoms with Crippen LogP contribution < -0.4 is 0 Å². The third kappa shape index (κ3) is 5.58. The number of nitrogens with zero attached hydrogens (tertiary/aromatic N) is 4. The second-order valence-corrected chi connectivity index (χ2v) is 6.89. The maximum atomic E-state index is 4.38. The first-order chi connectivity index (χ1) is 15.2. The van der Waals surface area contributed by atoms with Crippen LogP contribution in [0.5, 0.6) is 0 Å². The molecule has 0 aliphatic rings. The van der Waals surface area contributed by atoms with E-state index in [1.807, 2.05) is 95.6 Å². The molecule has 5 heteroatoms. The summed E-state index contributed by atoms with van der Waals surface area (Å²) in [6, 6.07) is 30.3. The minimum Gasteiger partial charge on any atom is -0.373 e. The summed E-state index contributed by atoms with van der Waals surface area (Å²) < 4.78 is 3.81. The molecule has 1 radical (unpaired) electrons. The monoisotopic (exact) mass is 595 g/mol. The minimum absolute atomic E-state index is 0. The normalized spacial score (nSPS) is 9.91. The quantitative estimate of drug-likeness (QED) is 0.244. The first-order valence-electron chi connectivity index (χ1n) is 9.93. The maximum absolute atomic E-state index is 4.38. The first kappa shape index (κ1) is 23.1. The zero-order valence-electron chi connectivity index (χ0n) is 17.6. The van der Waals surface area contributed by atoms with Crippen molar-refractivity contribution in [1.82, 2.24) is 19.3 Å². The molecule has 0 atom stereocenters. The van der Waals surface area contributed by atoms with Gasteiger partial charge in [0.05, 0.1) is 12.0 Å². The summed E-state index contributed by atoms with van der Waals surface area (Å²) in [4.78, 5) is 4.22. The van der Waals surface area contributed by atoms with Crippen LogP contribution in [0.3, 0.4) is 0 Å². The van der Waals surface area contributed by atoms with Crippen LogP contribution >= 0.6 is 0 Å².